The van der Waals surface area contributed by atoms with E-state index < -0.39 is 0 Å². The summed E-state index contributed by atoms with van der Waals surface area (Å²) in [6.07, 6.45) is 4.02. The summed E-state index contributed by atoms with van der Waals surface area (Å²) in [5, 5.41) is 0.544. The van der Waals surface area contributed by atoms with Crippen molar-refractivity contribution in [3.8, 4) is 11.1 Å². The summed E-state index contributed by atoms with van der Waals surface area (Å²) >= 11 is 6.46. The van der Waals surface area contributed by atoms with Gasteiger partial charge in [-0.3, -0.25) is 4.98 Å². The first-order valence-electron chi connectivity index (χ1n) is 9.77. The van der Waals surface area contributed by atoms with Crippen molar-refractivity contribution >= 4 is 22.6 Å². The van der Waals surface area contributed by atoms with Gasteiger partial charge >= 0.3 is 0 Å². The minimum atomic E-state index is -0.261. The Bertz CT molecular complexity index is 1190. The number of benzene rings is 2. The third-order valence-electron chi connectivity index (χ3n) is 5.06. The van der Waals surface area contributed by atoms with Gasteiger partial charge in [0.15, 0.2) is 0 Å². The van der Waals surface area contributed by atoms with Crippen LogP contribution in [0.15, 0.2) is 61.1 Å². The largest absolute Gasteiger partial charge is 0.328 e. The topological polar surface area (TPSA) is 82.8 Å². The second-order valence-electron chi connectivity index (χ2n) is 7.61. The maximum absolute atomic E-state index is 13.6. The van der Waals surface area contributed by atoms with Crippen molar-refractivity contribution in [2.75, 3.05) is 0 Å². The van der Waals surface area contributed by atoms with Crippen LogP contribution in [0.2, 0.25) is 5.02 Å². The van der Waals surface area contributed by atoms with Crippen LogP contribution in [-0.4, -0.2) is 20.6 Å². The first-order chi connectivity index (χ1) is 14.4. The first-order valence-corrected chi connectivity index (χ1v) is 10.1. The van der Waals surface area contributed by atoms with E-state index in [1.54, 1.807) is 18.6 Å². The van der Waals surface area contributed by atoms with Crippen molar-refractivity contribution in [2.24, 2.45) is 11.5 Å². The number of pyridine rings is 1. The number of halogens is 2. The van der Waals surface area contributed by atoms with Crippen molar-refractivity contribution in [2.45, 2.75) is 32.0 Å². The standard InChI is InChI=1S/C23H23ClFN5/c1-14(26)7-20(27)22-10-18(19(24)11-28-22)16-5-6-21-23(9-16)30(13-29-21)12-15-3-2-4-17(25)8-15/h2-6,8-11,13-14,20H,7,12,26-27H2,1H3. The summed E-state index contributed by atoms with van der Waals surface area (Å²) in [4.78, 5) is 8.85. The molecule has 0 fully saturated rings. The molecule has 4 N–H and O–H groups in total. The molecule has 0 saturated carbocycles. The lowest BCUT2D eigenvalue weighted by Crippen LogP contribution is -2.23. The summed E-state index contributed by atoms with van der Waals surface area (Å²) in [7, 11) is 0. The van der Waals surface area contributed by atoms with Crippen LogP contribution in [0.25, 0.3) is 22.2 Å². The maximum Gasteiger partial charge on any atom is 0.123 e. The summed E-state index contributed by atoms with van der Waals surface area (Å²) in [5.41, 5.74) is 17.3. The van der Waals surface area contributed by atoms with Crippen molar-refractivity contribution in [3.05, 3.63) is 83.2 Å². The predicted molar refractivity (Wildman–Crippen MR) is 119 cm³/mol. The van der Waals surface area contributed by atoms with Gasteiger partial charge in [0.25, 0.3) is 0 Å². The predicted octanol–water partition coefficient (Wildman–Crippen LogP) is 4.68. The molecule has 0 saturated heterocycles. The van der Waals surface area contributed by atoms with Gasteiger partial charge in [-0.15, -0.1) is 0 Å². The number of rotatable bonds is 6. The van der Waals surface area contributed by atoms with Crippen LogP contribution < -0.4 is 11.5 Å². The fraction of sp³-hybridized carbons (Fsp3) is 0.217. The Balaban J connectivity index is 1.71. The van der Waals surface area contributed by atoms with E-state index in [0.29, 0.717) is 18.0 Å². The van der Waals surface area contributed by atoms with E-state index in [-0.39, 0.29) is 17.9 Å². The molecule has 2 unspecified atom stereocenters. The zero-order chi connectivity index (χ0) is 21.3. The molecule has 0 aliphatic carbocycles. The Labute approximate surface area is 179 Å². The number of aromatic nitrogens is 3. The van der Waals surface area contributed by atoms with Crippen LogP contribution in [-0.2, 0) is 6.54 Å². The maximum atomic E-state index is 13.6. The van der Waals surface area contributed by atoms with E-state index in [4.69, 9.17) is 23.1 Å². The zero-order valence-electron chi connectivity index (χ0n) is 16.6. The van der Waals surface area contributed by atoms with Gasteiger partial charge in [0.2, 0.25) is 0 Å². The fourth-order valence-corrected chi connectivity index (χ4v) is 3.79. The number of hydrogen-bond acceptors (Lipinski definition) is 4. The lowest BCUT2D eigenvalue weighted by Gasteiger charge is -2.15. The first kappa shape index (κ1) is 20.5. The van der Waals surface area contributed by atoms with E-state index in [1.807, 2.05) is 41.8 Å². The lowest BCUT2D eigenvalue weighted by molar-refractivity contribution is 0.558. The van der Waals surface area contributed by atoms with Crippen molar-refractivity contribution in [3.63, 3.8) is 0 Å². The molecule has 0 amide bonds. The number of hydrogen-bond donors (Lipinski definition) is 2. The fourth-order valence-electron chi connectivity index (χ4n) is 3.58. The molecule has 0 aliphatic rings. The van der Waals surface area contributed by atoms with Crippen molar-refractivity contribution in [1.82, 2.24) is 14.5 Å². The van der Waals surface area contributed by atoms with Gasteiger partial charge in [0, 0.05) is 30.4 Å². The molecule has 2 aromatic carbocycles. The molecule has 0 radical (unpaired) electrons. The molecule has 0 bridgehead atoms. The molecule has 4 rings (SSSR count). The third-order valence-corrected chi connectivity index (χ3v) is 5.36. The second kappa shape index (κ2) is 8.52. The quantitative estimate of drug-likeness (QED) is 0.471. The molecular formula is C23H23ClFN5. The average molecular weight is 424 g/mol. The molecule has 2 heterocycles. The average Bonchev–Trinajstić information content (AvgIpc) is 3.10. The lowest BCUT2D eigenvalue weighted by atomic mass is 10.0. The summed E-state index contributed by atoms with van der Waals surface area (Å²) in [6, 6.07) is 14.2. The van der Waals surface area contributed by atoms with Crippen LogP contribution in [0.3, 0.4) is 0 Å². The highest BCUT2D eigenvalue weighted by Gasteiger charge is 2.14. The van der Waals surface area contributed by atoms with Crippen LogP contribution in [0.1, 0.15) is 30.6 Å². The Morgan fingerprint density at radius 2 is 1.93 bits per heavy atom. The minimum Gasteiger partial charge on any atom is -0.328 e. The van der Waals surface area contributed by atoms with E-state index in [0.717, 1.165) is 33.4 Å². The molecule has 0 aliphatic heterocycles. The van der Waals surface area contributed by atoms with Crippen molar-refractivity contribution in [1.29, 1.82) is 0 Å². The summed E-state index contributed by atoms with van der Waals surface area (Å²) in [5.74, 6) is -0.253. The van der Waals surface area contributed by atoms with Gasteiger partial charge < -0.3 is 16.0 Å². The Hall–Kier alpha value is -2.80. The van der Waals surface area contributed by atoms with E-state index >= 15 is 0 Å². The number of nitrogens with zero attached hydrogens (tertiary/aromatic N) is 3. The van der Waals surface area contributed by atoms with Crippen molar-refractivity contribution < 1.29 is 4.39 Å². The van der Waals surface area contributed by atoms with Gasteiger partial charge in [0.05, 0.1) is 28.1 Å². The SMILES string of the molecule is CC(N)CC(N)c1cc(-c2ccc3ncn(Cc4cccc(F)c4)c3c2)c(Cl)cn1. The number of nitrogens with two attached hydrogens (primary N) is 2. The number of imidazole rings is 1. The monoisotopic (exact) mass is 423 g/mol. The molecule has 154 valence electrons. The molecule has 7 heteroatoms. The van der Waals surface area contributed by atoms with Gasteiger partial charge in [-0.1, -0.05) is 29.8 Å². The highest BCUT2D eigenvalue weighted by Crippen LogP contribution is 2.32. The van der Waals surface area contributed by atoms with Crippen LogP contribution in [0.4, 0.5) is 4.39 Å². The third kappa shape index (κ3) is 4.36. The highest BCUT2D eigenvalue weighted by molar-refractivity contribution is 6.33. The van der Waals surface area contributed by atoms with Gasteiger partial charge in [-0.25, -0.2) is 9.37 Å². The molecule has 0 spiro atoms. The molecule has 30 heavy (non-hydrogen) atoms. The van der Waals surface area contributed by atoms with Gasteiger partial charge in [-0.2, -0.15) is 0 Å². The summed E-state index contributed by atoms with van der Waals surface area (Å²) < 4.78 is 15.5. The molecule has 2 aromatic heterocycles. The number of fused-ring (bicyclic) bond motifs is 1. The Kier molecular flexibility index (Phi) is 5.81. The second-order valence-corrected chi connectivity index (χ2v) is 8.02. The normalized spacial score (nSPS) is 13.5. The zero-order valence-corrected chi connectivity index (χ0v) is 17.4. The summed E-state index contributed by atoms with van der Waals surface area (Å²) in [6.45, 7) is 2.44. The van der Waals surface area contributed by atoms with Crippen LogP contribution >= 0.6 is 11.6 Å². The minimum absolute atomic E-state index is 0.0190. The Morgan fingerprint density at radius 1 is 1.10 bits per heavy atom. The van der Waals surface area contributed by atoms with Crippen LogP contribution in [0, 0.1) is 5.82 Å². The van der Waals surface area contributed by atoms with Crippen LogP contribution in [0.5, 0.6) is 0 Å². The van der Waals surface area contributed by atoms with E-state index in [9.17, 15) is 4.39 Å². The Morgan fingerprint density at radius 3 is 2.70 bits per heavy atom. The smallest absolute Gasteiger partial charge is 0.123 e. The van der Waals surface area contributed by atoms with E-state index in [2.05, 4.69) is 9.97 Å². The van der Waals surface area contributed by atoms with Gasteiger partial charge in [-0.05, 0) is 54.8 Å². The molecule has 2 atom stereocenters. The van der Waals surface area contributed by atoms with Gasteiger partial charge in [0.1, 0.15) is 5.82 Å². The van der Waals surface area contributed by atoms with E-state index in [1.165, 1.54) is 12.1 Å². The molecular weight excluding hydrogens is 401 g/mol. The molecule has 4 aromatic rings. The highest BCUT2D eigenvalue weighted by atomic mass is 35.5. The molecule has 5 nitrogen and oxygen atoms in total.